The van der Waals surface area contributed by atoms with Crippen LogP contribution in [-0.4, -0.2) is 23.9 Å². The number of hydrogen-bond donors (Lipinski definition) is 1. The number of rotatable bonds is 4. The van der Waals surface area contributed by atoms with Crippen molar-refractivity contribution in [3.8, 4) is 0 Å². The summed E-state index contributed by atoms with van der Waals surface area (Å²) in [6, 6.07) is 4.10. The fourth-order valence-corrected chi connectivity index (χ4v) is 2.66. The Balaban J connectivity index is 1.75. The van der Waals surface area contributed by atoms with Gasteiger partial charge in [-0.05, 0) is 30.7 Å². The van der Waals surface area contributed by atoms with Gasteiger partial charge in [0.15, 0.2) is 0 Å². The molecule has 2 atom stereocenters. The Kier molecular flexibility index (Phi) is 3.56. The van der Waals surface area contributed by atoms with Gasteiger partial charge in [-0.25, -0.2) is 0 Å². The Morgan fingerprint density at radius 1 is 1.64 bits per heavy atom. The smallest absolute Gasteiger partial charge is 0.0613 e. The van der Waals surface area contributed by atoms with E-state index in [4.69, 9.17) is 4.74 Å². The van der Waals surface area contributed by atoms with Gasteiger partial charge in [0, 0.05) is 17.9 Å². The minimum atomic E-state index is -0.239. The Labute approximate surface area is 88.5 Å². The molecule has 2 rings (SSSR count). The molecule has 0 saturated carbocycles. The average Bonchev–Trinajstić information content (AvgIpc) is 2.76. The molecular weight excluding hydrogens is 196 g/mol. The topological polar surface area (TPSA) is 29.5 Å². The summed E-state index contributed by atoms with van der Waals surface area (Å²) >= 11 is 1.71. The highest BCUT2D eigenvalue weighted by atomic mass is 32.1. The maximum Gasteiger partial charge on any atom is 0.0613 e. The lowest BCUT2D eigenvalue weighted by Crippen LogP contribution is -2.18. The second kappa shape index (κ2) is 4.91. The molecule has 2 heterocycles. The zero-order valence-corrected chi connectivity index (χ0v) is 9.00. The lowest BCUT2D eigenvalue weighted by Gasteiger charge is -2.14. The number of aliphatic hydroxyl groups is 1. The molecule has 2 unspecified atom stereocenters. The van der Waals surface area contributed by atoms with E-state index in [2.05, 4.69) is 6.07 Å². The molecule has 0 aliphatic carbocycles. The first-order valence-corrected chi connectivity index (χ1v) is 6.04. The van der Waals surface area contributed by atoms with Crippen LogP contribution in [0.25, 0.3) is 0 Å². The van der Waals surface area contributed by atoms with Crippen molar-refractivity contribution in [2.75, 3.05) is 6.61 Å². The molecule has 0 amide bonds. The summed E-state index contributed by atoms with van der Waals surface area (Å²) in [5.74, 6) is 0. The highest BCUT2D eigenvalue weighted by Gasteiger charge is 2.19. The van der Waals surface area contributed by atoms with Crippen LogP contribution in [0.15, 0.2) is 17.5 Å². The first-order valence-electron chi connectivity index (χ1n) is 5.16. The van der Waals surface area contributed by atoms with Crippen LogP contribution in [0.5, 0.6) is 0 Å². The molecule has 1 aromatic heterocycles. The maximum atomic E-state index is 9.81. The Morgan fingerprint density at radius 2 is 2.57 bits per heavy atom. The molecule has 2 nitrogen and oxygen atoms in total. The SMILES string of the molecule is OC(Cc1cccs1)CC1CCCO1. The van der Waals surface area contributed by atoms with Gasteiger partial charge < -0.3 is 9.84 Å². The van der Waals surface area contributed by atoms with E-state index in [-0.39, 0.29) is 6.10 Å². The van der Waals surface area contributed by atoms with E-state index in [1.165, 1.54) is 4.88 Å². The van der Waals surface area contributed by atoms with Gasteiger partial charge in [0.05, 0.1) is 12.2 Å². The second-order valence-corrected chi connectivity index (χ2v) is 4.84. The molecule has 1 N–H and O–H groups in total. The summed E-state index contributed by atoms with van der Waals surface area (Å²) in [5, 5.41) is 11.9. The quantitative estimate of drug-likeness (QED) is 0.829. The normalized spacial score (nSPS) is 23.9. The number of thiophene rings is 1. The van der Waals surface area contributed by atoms with Crippen molar-refractivity contribution in [2.45, 2.75) is 37.9 Å². The van der Waals surface area contributed by atoms with Crippen molar-refractivity contribution in [2.24, 2.45) is 0 Å². The lowest BCUT2D eigenvalue weighted by molar-refractivity contribution is 0.0544. The molecule has 0 spiro atoms. The van der Waals surface area contributed by atoms with E-state index in [0.29, 0.717) is 6.10 Å². The molecule has 3 heteroatoms. The van der Waals surface area contributed by atoms with Crippen LogP contribution in [0.3, 0.4) is 0 Å². The van der Waals surface area contributed by atoms with Gasteiger partial charge in [0.1, 0.15) is 0 Å². The Morgan fingerprint density at radius 3 is 3.21 bits per heavy atom. The van der Waals surface area contributed by atoms with E-state index >= 15 is 0 Å². The Bertz CT molecular complexity index is 252. The van der Waals surface area contributed by atoms with E-state index < -0.39 is 0 Å². The predicted octanol–water partition coefficient (Wildman–Crippen LogP) is 2.22. The molecule has 0 bridgehead atoms. The van der Waals surface area contributed by atoms with Gasteiger partial charge in [-0.3, -0.25) is 0 Å². The third kappa shape index (κ3) is 2.80. The monoisotopic (exact) mass is 212 g/mol. The second-order valence-electron chi connectivity index (χ2n) is 3.81. The van der Waals surface area contributed by atoms with Crippen LogP contribution in [-0.2, 0) is 11.2 Å². The van der Waals surface area contributed by atoms with E-state index in [1.807, 2.05) is 11.4 Å². The molecular formula is C11H16O2S. The van der Waals surface area contributed by atoms with Crippen LogP contribution < -0.4 is 0 Å². The van der Waals surface area contributed by atoms with Crippen LogP contribution in [0.4, 0.5) is 0 Å². The third-order valence-electron chi connectivity index (χ3n) is 2.58. The molecule has 0 radical (unpaired) electrons. The van der Waals surface area contributed by atoms with Crippen molar-refractivity contribution in [1.82, 2.24) is 0 Å². The highest BCUT2D eigenvalue weighted by molar-refractivity contribution is 7.09. The van der Waals surface area contributed by atoms with Gasteiger partial charge in [0.2, 0.25) is 0 Å². The molecule has 1 fully saturated rings. The van der Waals surface area contributed by atoms with Gasteiger partial charge in [-0.2, -0.15) is 0 Å². The fraction of sp³-hybridized carbons (Fsp3) is 0.636. The lowest BCUT2D eigenvalue weighted by atomic mass is 10.1. The minimum Gasteiger partial charge on any atom is -0.393 e. The van der Waals surface area contributed by atoms with Gasteiger partial charge >= 0.3 is 0 Å². The van der Waals surface area contributed by atoms with Gasteiger partial charge in [-0.15, -0.1) is 11.3 Å². The third-order valence-corrected chi connectivity index (χ3v) is 3.47. The molecule has 1 saturated heterocycles. The summed E-state index contributed by atoms with van der Waals surface area (Å²) in [6.45, 7) is 0.871. The van der Waals surface area contributed by atoms with Crippen LogP contribution in [0.1, 0.15) is 24.1 Å². The summed E-state index contributed by atoms with van der Waals surface area (Å²) in [7, 11) is 0. The zero-order chi connectivity index (χ0) is 9.80. The molecule has 1 aliphatic rings. The molecule has 1 aliphatic heterocycles. The van der Waals surface area contributed by atoms with Crippen molar-refractivity contribution >= 4 is 11.3 Å². The van der Waals surface area contributed by atoms with Gasteiger partial charge in [0.25, 0.3) is 0 Å². The molecule has 1 aromatic rings. The first-order chi connectivity index (χ1) is 6.84. The Hall–Kier alpha value is -0.380. The molecule has 14 heavy (non-hydrogen) atoms. The maximum absolute atomic E-state index is 9.81. The van der Waals surface area contributed by atoms with Crippen molar-refractivity contribution < 1.29 is 9.84 Å². The average molecular weight is 212 g/mol. The van der Waals surface area contributed by atoms with E-state index in [1.54, 1.807) is 11.3 Å². The van der Waals surface area contributed by atoms with Crippen LogP contribution in [0, 0.1) is 0 Å². The van der Waals surface area contributed by atoms with Crippen LogP contribution in [0.2, 0.25) is 0 Å². The zero-order valence-electron chi connectivity index (χ0n) is 8.19. The largest absolute Gasteiger partial charge is 0.393 e. The molecule has 78 valence electrons. The first kappa shape index (κ1) is 10.1. The van der Waals surface area contributed by atoms with Crippen LogP contribution >= 0.6 is 11.3 Å². The van der Waals surface area contributed by atoms with E-state index in [0.717, 1.165) is 32.3 Å². The number of aliphatic hydroxyl groups excluding tert-OH is 1. The standard InChI is InChI=1S/C11H16O2S/c12-9(7-10-3-1-5-13-10)8-11-4-2-6-14-11/h2,4,6,9-10,12H,1,3,5,7-8H2. The number of hydrogen-bond acceptors (Lipinski definition) is 3. The van der Waals surface area contributed by atoms with E-state index in [9.17, 15) is 5.11 Å². The summed E-state index contributed by atoms with van der Waals surface area (Å²) in [6.07, 6.45) is 3.88. The van der Waals surface area contributed by atoms with Crippen molar-refractivity contribution in [3.63, 3.8) is 0 Å². The van der Waals surface area contributed by atoms with Crippen molar-refractivity contribution in [1.29, 1.82) is 0 Å². The van der Waals surface area contributed by atoms with Crippen molar-refractivity contribution in [3.05, 3.63) is 22.4 Å². The highest BCUT2D eigenvalue weighted by Crippen LogP contribution is 2.19. The summed E-state index contributed by atoms with van der Waals surface area (Å²) < 4.78 is 5.49. The summed E-state index contributed by atoms with van der Waals surface area (Å²) in [5.41, 5.74) is 0. The molecule has 0 aromatic carbocycles. The number of ether oxygens (including phenoxy) is 1. The van der Waals surface area contributed by atoms with Gasteiger partial charge in [-0.1, -0.05) is 6.07 Å². The predicted molar refractivity (Wildman–Crippen MR) is 57.6 cm³/mol. The fourth-order valence-electron chi connectivity index (χ4n) is 1.88. The minimum absolute atomic E-state index is 0.239. The summed E-state index contributed by atoms with van der Waals surface area (Å²) in [4.78, 5) is 1.26.